The summed E-state index contributed by atoms with van der Waals surface area (Å²) in [6, 6.07) is 0.256. The predicted octanol–water partition coefficient (Wildman–Crippen LogP) is 1.39. The molecule has 0 aliphatic carbocycles. The lowest BCUT2D eigenvalue weighted by Crippen LogP contribution is -2.41. The first-order valence-corrected chi connectivity index (χ1v) is 6.55. The topological polar surface area (TPSA) is 76.0 Å². The van der Waals surface area contributed by atoms with Crippen LogP contribution in [0.4, 0.5) is 4.79 Å². The average molecular weight is 275 g/mol. The maximum atomic E-state index is 10.8. The number of rotatable bonds is 4. The third kappa shape index (κ3) is 7.03. The van der Waals surface area contributed by atoms with Crippen molar-refractivity contribution in [2.75, 3.05) is 33.9 Å². The molecule has 114 valence electrons. The molecule has 1 fully saturated rings. The molecule has 6 heteroatoms. The van der Waals surface area contributed by atoms with Crippen LogP contribution in [0.15, 0.2) is 12.3 Å². The van der Waals surface area contributed by atoms with Crippen molar-refractivity contribution in [1.82, 2.24) is 15.1 Å². The van der Waals surface area contributed by atoms with Gasteiger partial charge in [-0.15, -0.1) is 0 Å². The number of hydrogen-bond acceptors (Lipinski definition) is 4. The zero-order chi connectivity index (χ0) is 15.4. The van der Waals surface area contributed by atoms with Gasteiger partial charge in [-0.1, -0.05) is 20.4 Å². The van der Waals surface area contributed by atoms with E-state index in [1.807, 2.05) is 27.8 Å². The lowest BCUT2D eigenvalue weighted by molar-refractivity contribution is 0.150. The molecule has 1 heterocycles. The van der Waals surface area contributed by atoms with Gasteiger partial charge in [-0.25, -0.2) is 4.79 Å². The Morgan fingerprint density at radius 3 is 2.32 bits per heavy atom. The Morgan fingerprint density at radius 2 is 2.00 bits per heavy atom. The van der Waals surface area contributed by atoms with E-state index in [0.717, 1.165) is 19.2 Å². The van der Waals surface area contributed by atoms with E-state index in [2.05, 4.69) is 16.8 Å². The highest BCUT2D eigenvalue weighted by atomic mass is 16.4. The first kappa shape index (κ1) is 20.1. The molecule has 1 atom stereocenters. The van der Waals surface area contributed by atoms with Crippen molar-refractivity contribution in [3.8, 4) is 0 Å². The van der Waals surface area contributed by atoms with Gasteiger partial charge in [-0.2, -0.15) is 0 Å². The number of likely N-dealkylation sites (tertiary alicyclic amines) is 1. The number of hydrogen-bond donors (Lipinski definition) is 3. The van der Waals surface area contributed by atoms with E-state index in [0.29, 0.717) is 19.8 Å². The van der Waals surface area contributed by atoms with Crippen LogP contribution in [0.3, 0.4) is 0 Å². The zero-order valence-electron chi connectivity index (χ0n) is 12.8. The summed E-state index contributed by atoms with van der Waals surface area (Å²) in [5.74, 6) is 0. The van der Waals surface area contributed by atoms with Crippen molar-refractivity contribution in [3.63, 3.8) is 0 Å². The number of aliphatic hydroxyl groups excluding tert-OH is 1. The molecule has 1 aliphatic heterocycles. The van der Waals surface area contributed by atoms with Crippen molar-refractivity contribution in [2.24, 2.45) is 0 Å². The molecule has 0 aromatic rings. The second kappa shape index (κ2) is 11.8. The molecule has 1 saturated heterocycles. The van der Waals surface area contributed by atoms with E-state index in [4.69, 9.17) is 10.2 Å². The summed E-state index contributed by atoms with van der Waals surface area (Å²) < 4.78 is 0. The van der Waals surface area contributed by atoms with Gasteiger partial charge in [0.25, 0.3) is 0 Å². The smallest absolute Gasteiger partial charge is 0.407 e. The molecule has 1 amide bonds. The molecule has 1 rings (SSSR count). The van der Waals surface area contributed by atoms with Crippen LogP contribution < -0.4 is 5.32 Å². The van der Waals surface area contributed by atoms with Gasteiger partial charge in [0.15, 0.2) is 0 Å². The standard InChI is InChI=1S/C10H19N3O2.C2H6.CH4O/c1-8(2)13(7-11-3)9-4-5-12(6-9)10(14)15;2*1-2/h9,11H,1,4-7H2,2-3H3,(H,14,15);1-2H3;2H,1H3. The Labute approximate surface area is 116 Å². The Balaban J connectivity index is 0. The van der Waals surface area contributed by atoms with Crippen LogP contribution in [0.5, 0.6) is 0 Å². The second-order valence-corrected chi connectivity index (χ2v) is 3.89. The first-order chi connectivity index (χ1) is 9.06. The van der Waals surface area contributed by atoms with E-state index in [-0.39, 0.29) is 6.04 Å². The highest BCUT2D eigenvalue weighted by Gasteiger charge is 2.29. The van der Waals surface area contributed by atoms with Gasteiger partial charge < -0.3 is 25.3 Å². The Morgan fingerprint density at radius 1 is 1.47 bits per heavy atom. The van der Waals surface area contributed by atoms with E-state index in [1.54, 1.807) is 0 Å². The van der Waals surface area contributed by atoms with Crippen LogP contribution in [-0.2, 0) is 0 Å². The van der Waals surface area contributed by atoms with Gasteiger partial charge in [0.2, 0.25) is 0 Å². The number of nitrogens with zero attached hydrogens (tertiary/aromatic N) is 2. The monoisotopic (exact) mass is 275 g/mol. The number of carboxylic acid groups (broad SMARTS) is 1. The first-order valence-electron chi connectivity index (χ1n) is 6.55. The third-order valence-electron chi connectivity index (χ3n) is 2.69. The number of carbonyl (C=O) groups is 1. The van der Waals surface area contributed by atoms with Crippen LogP contribution >= 0.6 is 0 Å². The van der Waals surface area contributed by atoms with Crippen molar-refractivity contribution >= 4 is 6.09 Å². The van der Waals surface area contributed by atoms with Crippen molar-refractivity contribution in [2.45, 2.75) is 33.2 Å². The zero-order valence-corrected chi connectivity index (χ0v) is 12.8. The third-order valence-corrected chi connectivity index (χ3v) is 2.69. The largest absolute Gasteiger partial charge is 0.465 e. The van der Waals surface area contributed by atoms with Gasteiger partial charge in [-0.05, 0) is 20.4 Å². The molecular formula is C13H29N3O3. The molecule has 0 aromatic carbocycles. The van der Waals surface area contributed by atoms with Crippen molar-refractivity contribution < 1.29 is 15.0 Å². The summed E-state index contributed by atoms with van der Waals surface area (Å²) in [4.78, 5) is 14.3. The predicted molar refractivity (Wildman–Crippen MR) is 78.1 cm³/mol. The van der Waals surface area contributed by atoms with Crippen LogP contribution in [0.1, 0.15) is 27.2 Å². The Hall–Kier alpha value is -1.27. The lowest BCUT2D eigenvalue weighted by atomic mass is 10.2. The van der Waals surface area contributed by atoms with Crippen molar-refractivity contribution in [1.29, 1.82) is 0 Å². The summed E-state index contributed by atoms with van der Waals surface area (Å²) in [5, 5.41) is 18.9. The molecule has 0 aromatic heterocycles. The molecule has 0 radical (unpaired) electrons. The fourth-order valence-electron chi connectivity index (χ4n) is 1.92. The van der Waals surface area contributed by atoms with E-state index < -0.39 is 6.09 Å². The Bertz CT molecular complexity index is 260. The maximum absolute atomic E-state index is 10.8. The quantitative estimate of drug-likeness (QED) is 0.676. The minimum atomic E-state index is -0.830. The molecule has 1 aliphatic rings. The second-order valence-electron chi connectivity index (χ2n) is 3.89. The highest BCUT2D eigenvalue weighted by Crippen LogP contribution is 2.18. The summed E-state index contributed by atoms with van der Waals surface area (Å²) in [7, 11) is 2.87. The molecular weight excluding hydrogens is 246 g/mol. The van der Waals surface area contributed by atoms with Crippen LogP contribution in [0.2, 0.25) is 0 Å². The summed E-state index contributed by atoms with van der Waals surface area (Å²) >= 11 is 0. The Kier molecular flexibility index (Phi) is 12.5. The van der Waals surface area contributed by atoms with Gasteiger partial charge >= 0.3 is 6.09 Å². The number of nitrogens with one attached hydrogen (secondary N) is 1. The number of aliphatic hydroxyl groups is 1. The molecule has 0 spiro atoms. The summed E-state index contributed by atoms with van der Waals surface area (Å²) in [5.41, 5.74) is 0.974. The van der Waals surface area contributed by atoms with Gasteiger partial charge in [0, 0.05) is 31.9 Å². The average Bonchev–Trinajstić information content (AvgIpc) is 2.90. The van der Waals surface area contributed by atoms with Crippen LogP contribution in [0, 0.1) is 0 Å². The van der Waals surface area contributed by atoms with E-state index >= 15 is 0 Å². The van der Waals surface area contributed by atoms with Crippen LogP contribution in [-0.4, -0.2) is 66.1 Å². The highest BCUT2D eigenvalue weighted by molar-refractivity contribution is 5.65. The van der Waals surface area contributed by atoms with E-state index in [9.17, 15) is 4.79 Å². The number of allylic oxidation sites excluding steroid dienone is 1. The lowest BCUT2D eigenvalue weighted by Gasteiger charge is -2.30. The fourth-order valence-corrected chi connectivity index (χ4v) is 1.92. The van der Waals surface area contributed by atoms with Crippen molar-refractivity contribution in [3.05, 3.63) is 12.3 Å². The summed E-state index contributed by atoms with van der Waals surface area (Å²) in [6.45, 7) is 11.8. The summed E-state index contributed by atoms with van der Waals surface area (Å²) in [6.07, 6.45) is 0.0459. The molecule has 0 saturated carbocycles. The number of amides is 1. The minimum absolute atomic E-state index is 0.256. The van der Waals surface area contributed by atoms with E-state index in [1.165, 1.54) is 4.90 Å². The molecule has 0 bridgehead atoms. The van der Waals surface area contributed by atoms with Crippen LogP contribution in [0.25, 0.3) is 0 Å². The molecule has 3 N–H and O–H groups in total. The van der Waals surface area contributed by atoms with Gasteiger partial charge in [0.05, 0.1) is 6.67 Å². The molecule has 6 nitrogen and oxygen atoms in total. The molecule has 1 unspecified atom stereocenters. The fraction of sp³-hybridized carbons (Fsp3) is 0.769. The maximum Gasteiger partial charge on any atom is 0.407 e. The SMILES string of the molecule is C=C(C)N(CNC)C1CCN(C(=O)O)C1.CC.CO. The van der Waals surface area contributed by atoms with Gasteiger partial charge in [0.1, 0.15) is 0 Å². The van der Waals surface area contributed by atoms with Gasteiger partial charge in [-0.3, -0.25) is 0 Å². The normalized spacial score (nSPS) is 16.7. The molecule has 19 heavy (non-hydrogen) atoms. The minimum Gasteiger partial charge on any atom is -0.465 e.